The Labute approximate surface area is 170 Å². The molecule has 1 amide bonds. The first-order valence-corrected chi connectivity index (χ1v) is 10.8. The average Bonchev–Trinajstić information content (AvgIpc) is 3.10. The zero-order valence-electron chi connectivity index (χ0n) is 16.6. The monoisotopic (exact) mass is 416 g/mol. The van der Waals surface area contributed by atoms with E-state index in [1.54, 1.807) is 57.4 Å². The van der Waals surface area contributed by atoms with Crippen molar-refractivity contribution in [3.05, 3.63) is 65.4 Å². The number of sulfonamides is 1. The minimum Gasteiger partial charge on any atom is -0.493 e. The molecule has 0 atom stereocenters. The Bertz CT molecular complexity index is 1100. The van der Waals surface area contributed by atoms with Crippen molar-refractivity contribution in [1.29, 1.82) is 0 Å². The smallest absolute Gasteiger partial charge is 0.287 e. The number of methoxy groups -OCH3 is 1. The lowest BCUT2D eigenvalue weighted by Gasteiger charge is -2.10. The van der Waals surface area contributed by atoms with Crippen molar-refractivity contribution >= 4 is 26.9 Å². The average molecular weight is 416 g/mol. The molecule has 0 saturated carbocycles. The lowest BCUT2D eigenvalue weighted by molar-refractivity contribution is 0.0925. The molecular weight excluding hydrogens is 392 g/mol. The molecule has 2 aromatic carbocycles. The van der Waals surface area contributed by atoms with Gasteiger partial charge >= 0.3 is 0 Å². The van der Waals surface area contributed by atoms with Crippen LogP contribution in [0.1, 0.15) is 35.5 Å². The number of rotatable bonds is 8. The Hall–Kier alpha value is -2.84. The third-order valence-electron chi connectivity index (χ3n) is 4.20. The lowest BCUT2D eigenvalue weighted by atomic mass is 10.1. The minimum atomic E-state index is -3.37. The highest BCUT2D eigenvalue weighted by Gasteiger charge is 2.15. The van der Waals surface area contributed by atoms with Crippen LogP contribution in [0, 0.1) is 0 Å². The molecule has 1 heterocycles. The first kappa shape index (κ1) is 20.9. The molecule has 0 spiro atoms. The molecule has 0 aliphatic carbocycles. The van der Waals surface area contributed by atoms with Gasteiger partial charge in [0.1, 0.15) is 0 Å². The number of nitrogens with one attached hydrogen (secondary N) is 2. The number of carbonyl (C=O) groups is 1. The van der Waals surface area contributed by atoms with Gasteiger partial charge in [-0.3, -0.25) is 4.79 Å². The molecule has 3 aromatic rings. The van der Waals surface area contributed by atoms with Gasteiger partial charge in [-0.05, 0) is 37.1 Å². The topological polar surface area (TPSA) is 97.6 Å². The van der Waals surface area contributed by atoms with Crippen LogP contribution in [-0.4, -0.2) is 27.5 Å². The summed E-state index contributed by atoms with van der Waals surface area (Å²) in [6.45, 7) is 3.85. The van der Waals surface area contributed by atoms with Gasteiger partial charge in [-0.25, -0.2) is 13.1 Å². The van der Waals surface area contributed by atoms with Crippen LogP contribution in [0.2, 0.25) is 0 Å². The van der Waals surface area contributed by atoms with Gasteiger partial charge in [-0.2, -0.15) is 0 Å². The Morgan fingerprint density at radius 3 is 2.45 bits per heavy atom. The summed E-state index contributed by atoms with van der Waals surface area (Å²) in [7, 11) is -1.82. The number of benzene rings is 2. The fourth-order valence-electron chi connectivity index (χ4n) is 2.95. The molecule has 0 bridgehead atoms. The number of para-hydroxylation sites is 1. The minimum absolute atomic E-state index is 0.0847. The maximum absolute atomic E-state index is 12.4. The molecule has 0 radical (unpaired) electrons. The van der Waals surface area contributed by atoms with E-state index in [9.17, 15) is 13.2 Å². The fourth-order valence-corrected chi connectivity index (χ4v) is 4.38. The number of hydrogen-bond donors (Lipinski definition) is 2. The summed E-state index contributed by atoms with van der Waals surface area (Å²) < 4.78 is 37.4. The Morgan fingerprint density at radius 1 is 1.10 bits per heavy atom. The number of fused-ring (bicyclic) bond motifs is 1. The number of ether oxygens (including phenoxy) is 1. The Balaban J connectivity index is 1.62. The van der Waals surface area contributed by atoms with Crippen molar-refractivity contribution in [2.45, 2.75) is 32.2 Å². The van der Waals surface area contributed by atoms with Gasteiger partial charge < -0.3 is 14.5 Å². The second kappa shape index (κ2) is 8.67. The van der Waals surface area contributed by atoms with E-state index in [2.05, 4.69) is 10.0 Å². The van der Waals surface area contributed by atoms with E-state index < -0.39 is 10.0 Å². The number of carbonyl (C=O) groups excluding carboxylic acids is 1. The SMILES string of the molecule is COc1cccc2cc(C(=O)NCc3ccc(CS(=O)(=O)NC(C)C)cc3)oc12. The van der Waals surface area contributed by atoms with E-state index >= 15 is 0 Å². The molecule has 0 aliphatic rings. The van der Waals surface area contributed by atoms with Crippen molar-refractivity contribution in [1.82, 2.24) is 10.0 Å². The van der Waals surface area contributed by atoms with Crippen molar-refractivity contribution < 1.29 is 22.4 Å². The molecule has 1 aromatic heterocycles. The molecule has 0 unspecified atom stereocenters. The summed E-state index contributed by atoms with van der Waals surface area (Å²) in [6.07, 6.45) is 0. The van der Waals surface area contributed by atoms with Gasteiger partial charge in [-0.15, -0.1) is 0 Å². The molecule has 0 fully saturated rings. The maximum atomic E-state index is 12.4. The second-order valence-electron chi connectivity index (χ2n) is 7.02. The molecule has 2 N–H and O–H groups in total. The Kier molecular flexibility index (Phi) is 6.24. The normalized spacial score (nSPS) is 11.7. The van der Waals surface area contributed by atoms with Crippen molar-refractivity contribution in [3.8, 4) is 5.75 Å². The van der Waals surface area contributed by atoms with Crippen LogP contribution >= 0.6 is 0 Å². The summed E-state index contributed by atoms with van der Waals surface area (Å²) in [5.74, 6) is 0.348. The third-order valence-corrected chi connectivity index (χ3v) is 5.74. The maximum Gasteiger partial charge on any atom is 0.287 e. The fraction of sp³-hybridized carbons (Fsp3) is 0.286. The third kappa shape index (κ3) is 5.36. The van der Waals surface area contributed by atoms with Crippen LogP contribution in [0.4, 0.5) is 0 Å². The van der Waals surface area contributed by atoms with Gasteiger partial charge in [0.15, 0.2) is 17.1 Å². The van der Waals surface area contributed by atoms with Crippen LogP contribution in [0.5, 0.6) is 5.75 Å². The van der Waals surface area contributed by atoms with E-state index in [0.717, 1.165) is 10.9 Å². The molecule has 0 saturated heterocycles. The summed E-state index contributed by atoms with van der Waals surface area (Å²) in [6, 6.07) is 14.0. The largest absolute Gasteiger partial charge is 0.493 e. The quantitative estimate of drug-likeness (QED) is 0.588. The van der Waals surface area contributed by atoms with Gasteiger partial charge in [0.2, 0.25) is 10.0 Å². The molecule has 3 rings (SSSR count). The van der Waals surface area contributed by atoms with Crippen LogP contribution in [0.25, 0.3) is 11.0 Å². The van der Waals surface area contributed by atoms with E-state index in [4.69, 9.17) is 9.15 Å². The van der Waals surface area contributed by atoms with E-state index in [1.165, 1.54) is 0 Å². The van der Waals surface area contributed by atoms with E-state index in [-0.39, 0.29) is 23.5 Å². The molecule has 29 heavy (non-hydrogen) atoms. The summed E-state index contributed by atoms with van der Waals surface area (Å²) in [5.41, 5.74) is 2.06. The van der Waals surface area contributed by atoms with E-state index in [0.29, 0.717) is 23.4 Å². The highest BCUT2D eigenvalue weighted by molar-refractivity contribution is 7.88. The van der Waals surface area contributed by atoms with Gasteiger partial charge in [0, 0.05) is 18.0 Å². The molecule has 8 heteroatoms. The standard InChI is InChI=1S/C21H24N2O5S/c1-14(2)23-29(25,26)13-16-9-7-15(8-10-16)12-22-21(24)19-11-17-5-4-6-18(27-3)20(17)28-19/h4-11,14,23H,12-13H2,1-3H3,(H,22,24). The molecule has 154 valence electrons. The highest BCUT2D eigenvalue weighted by Crippen LogP contribution is 2.28. The summed E-state index contributed by atoms with van der Waals surface area (Å²) in [5, 5.41) is 3.59. The van der Waals surface area contributed by atoms with Crippen molar-refractivity contribution in [3.63, 3.8) is 0 Å². The van der Waals surface area contributed by atoms with Crippen LogP contribution in [0.15, 0.2) is 52.9 Å². The second-order valence-corrected chi connectivity index (χ2v) is 8.77. The lowest BCUT2D eigenvalue weighted by Crippen LogP contribution is -2.31. The van der Waals surface area contributed by atoms with Crippen molar-refractivity contribution in [2.24, 2.45) is 0 Å². The Morgan fingerprint density at radius 2 is 1.79 bits per heavy atom. The van der Waals surface area contributed by atoms with Crippen molar-refractivity contribution in [2.75, 3.05) is 7.11 Å². The van der Waals surface area contributed by atoms with Crippen LogP contribution in [-0.2, 0) is 22.3 Å². The van der Waals surface area contributed by atoms with Gasteiger partial charge in [0.05, 0.1) is 12.9 Å². The number of hydrogen-bond acceptors (Lipinski definition) is 5. The highest BCUT2D eigenvalue weighted by atomic mass is 32.2. The van der Waals surface area contributed by atoms with Crippen LogP contribution in [0.3, 0.4) is 0 Å². The first-order valence-electron chi connectivity index (χ1n) is 9.20. The summed E-state index contributed by atoms with van der Waals surface area (Å²) in [4.78, 5) is 12.4. The zero-order valence-corrected chi connectivity index (χ0v) is 17.4. The van der Waals surface area contributed by atoms with Gasteiger partial charge in [-0.1, -0.05) is 36.4 Å². The zero-order chi connectivity index (χ0) is 21.0. The predicted molar refractivity (Wildman–Crippen MR) is 111 cm³/mol. The summed E-state index contributed by atoms with van der Waals surface area (Å²) >= 11 is 0. The van der Waals surface area contributed by atoms with E-state index in [1.807, 2.05) is 12.1 Å². The molecular formula is C21H24N2O5S. The first-order chi connectivity index (χ1) is 13.8. The molecule has 7 nitrogen and oxygen atoms in total. The predicted octanol–water partition coefficient (Wildman–Crippen LogP) is 3.20. The van der Waals surface area contributed by atoms with Gasteiger partial charge in [0.25, 0.3) is 5.91 Å². The molecule has 0 aliphatic heterocycles. The number of furan rings is 1. The van der Waals surface area contributed by atoms with Crippen LogP contribution < -0.4 is 14.8 Å². The number of amides is 1.